The fraction of sp³-hybridized carbons (Fsp3) is 0.263. The lowest BCUT2D eigenvalue weighted by Gasteiger charge is -2.14. The Labute approximate surface area is 150 Å². The van der Waals surface area contributed by atoms with E-state index in [2.05, 4.69) is 5.32 Å². The van der Waals surface area contributed by atoms with E-state index in [0.717, 1.165) is 11.3 Å². The average molecular weight is 357 g/mol. The fourth-order valence-electron chi connectivity index (χ4n) is 2.70. The molecular weight excluding hydrogens is 338 g/mol. The molecule has 1 aliphatic heterocycles. The van der Waals surface area contributed by atoms with Crippen LogP contribution in [0.25, 0.3) is 0 Å². The van der Waals surface area contributed by atoms with Crippen molar-refractivity contribution in [3.63, 3.8) is 0 Å². The Morgan fingerprint density at radius 2 is 2.00 bits per heavy atom. The van der Waals surface area contributed by atoms with Gasteiger partial charge in [0.15, 0.2) is 18.1 Å². The van der Waals surface area contributed by atoms with Crippen LogP contribution in [0.2, 0.25) is 0 Å². The highest BCUT2D eigenvalue weighted by atomic mass is 16.5. The van der Waals surface area contributed by atoms with Crippen LogP contribution in [0.5, 0.6) is 17.2 Å². The number of carbonyl (C=O) groups excluding carboxylic acids is 1. The molecule has 1 aliphatic rings. The number of amides is 1. The number of para-hydroxylation sites is 1. The lowest BCUT2D eigenvalue weighted by molar-refractivity contribution is -0.139. The molecule has 136 valence electrons. The summed E-state index contributed by atoms with van der Waals surface area (Å²) in [5.41, 5.74) is 1.33. The molecule has 0 spiro atoms. The van der Waals surface area contributed by atoms with E-state index in [1.807, 2.05) is 24.3 Å². The molecule has 0 unspecified atom stereocenters. The number of ether oxygens (including phenoxy) is 3. The van der Waals surface area contributed by atoms with Gasteiger partial charge in [-0.2, -0.15) is 0 Å². The maximum atomic E-state index is 12.6. The third-order valence-corrected chi connectivity index (χ3v) is 3.86. The van der Waals surface area contributed by atoms with Crippen LogP contribution in [0.3, 0.4) is 0 Å². The first-order valence-electron chi connectivity index (χ1n) is 8.22. The van der Waals surface area contributed by atoms with E-state index in [9.17, 15) is 9.59 Å². The fourth-order valence-corrected chi connectivity index (χ4v) is 2.70. The quantitative estimate of drug-likeness (QED) is 0.790. The Morgan fingerprint density at radius 3 is 2.77 bits per heavy atom. The summed E-state index contributed by atoms with van der Waals surface area (Å²) in [5, 5.41) is 11.7. The predicted octanol–water partition coefficient (Wildman–Crippen LogP) is 2.41. The molecule has 0 radical (unpaired) electrons. The molecule has 0 aromatic heterocycles. The van der Waals surface area contributed by atoms with Crippen molar-refractivity contribution in [2.45, 2.75) is 13.0 Å². The highest BCUT2D eigenvalue weighted by Crippen LogP contribution is 2.32. The van der Waals surface area contributed by atoms with Crippen LogP contribution >= 0.6 is 0 Å². The zero-order chi connectivity index (χ0) is 18.5. The number of hydrogen-bond acceptors (Lipinski definition) is 5. The molecule has 0 saturated heterocycles. The van der Waals surface area contributed by atoms with Crippen LogP contribution in [-0.4, -0.2) is 36.8 Å². The zero-order valence-electron chi connectivity index (χ0n) is 14.2. The summed E-state index contributed by atoms with van der Waals surface area (Å²) in [5.74, 6) is 0.00486. The lowest BCUT2D eigenvalue weighted by Crippen LogP contribution is -2.29. The number of rotatable bonds is 7. The summed E-state index contributed by atoms with van der Waals surface area (Å²) >= 11 is 0. The third kappa shape index (κ3) is 3.88. The Morgan fingerprint density at radius 1 is 1.19 bits per heavy atom. The maximum absolute atomic E-state index is 12.6. The highest BCUT2D eigenvalue weighted by Gasteiger charge is 2.25. The molecule has 0 fully saturated rings. The van der Waals surface area contributed by atoms with E-state index in [1.54, 1.807) is 13.0 Å². The molecule has 0 saturated carbocycles. The molecule has 2 aromatic carbocycles. The van der Waals surface area contributed by atoms with Crippen molar-refractivity contribution in [2.75, 3.05) is 19.8 Å². The molecule has 0 aliphatic carbocycles. The molecule has 1 heterocycles. The normalized spacial score (nSPS) is 14.9. The van der Waals surface area contributed by atoms with Gasteiger partial charge in [0, 0.05) is 11.1 Å². The second-order valence-electron chi connectivity index (χ2n) is 5.65. The Kier molecular flexibility index (Phi) is 5.26. The van der Waals surface area contributed by atoms with Gasteiger partial charge in [0.05, 0.1) is 12.6 Å². The minimum Gasteiger partial charge on any atom is -0.491 e. The molecule has 7 nitrogen and oxygen atoms in total. The first-order chi connectivity index (χ1) is 12.6. The number of aliphatic carboxylic acids is 1. The maximum Gasteiger partial charge on any atom is 0.341 e. The number of benzene rings is 2. The minimum atomic E-state index is -1.09. The van der Waals surface area contributed by atoms with Crippen LogP contribution in [0, 0.1) is 0 Å². The molecule has 3 rings (SSSR count). The first-order valence-corrected chi connectivity index (χ1v) is 8.22. The molecule has 26 heavy (non-hydrogen) atoms. The highest BCUT2D eigenvalue weighted by molar-refractivity contribution is 5.95. The summed E-state index contributed by atoms with van der Waals surface area (Å²) in [6, 6.07) is 12.0. The lowest BCUT2D eigenvalue weighted by atomic mass is 10.1. The molecule has 2 aromatic rings. The van der Waals surface area contributed by atoms with Gasteiger partial charge in [-0.3, -0.25) is 4.79 Å². The Bertz CT molecular complexity index is 819. The van der Waals surface area contributed by atoms with Crippen LogP contribution < -0.4 is 19.5 Å². The van der Waals surface area contributed by atoms with Gasteiger partial charge in [0.25, 0.3) is 5.91 Å². The van der Waals surface area contributed by atoms with Crippen molar-refractivity contribution in [3.8, 4) is 17.2 Å². The molecular formula is C19H19NO6. The van der Waals surface area contributed by atoms with Crippen LogP contribution in [0.1, 0.15) is 28.9 Å². The number of hydrogen-bond donors (Lipinski definition) is 2. The van der Waals surface area contributed by atoms with Gasteiger partial charge < -0.3 is 24.6 Å². The summed E-state index contributed by atoms with van der Waals surface area (Å²) in [6.07, 6.45) is 0. The first kappa shape index (κ1) is 17.6. The smallest absolute Gasteiger partial charge is 0.341 e. The standard InChI is InChI=1S/C19H19NO6/c1-2-24-17-9-12(7-8-16(17)26-11-18(21)22)19(23)20-14-10-25-15-6-4-3-5-13(14)15/h3-9,14H,2,10-11H2,1H3,(H,20,23)(H,21,22)/t14-/m1/s1. The third-order valence-electron chi connectivity index (χ3n) is 3.86. The van der Waals surface area contributed by atoms with Crippen molar-refractivity contribution >= 4 is 11.9 Å². The Balaban J connectivity index is 1.75. The predicted molar refractivity (Wildman–Crippen MR) is 92.9 cm³/mol. The summed E-state index contributed by atoms with van der Waals surface area (Å²) < 4.78 is 16.2. The number of carboxylic acids is 1. The van der Waals surface area contributed by atoms with E-state index >= 15 is 0 Å². The SMILES string of the molecule is CCOc1cc(C(=O)N[C@@H]2COc3ccccc32)ccc1OCC(=O)O. The molecule has 2 N–H and O–H groups in total. The monoisotopic (exact) mass is 357 g/mol. The molecule has 7 heteroatoms. The molecule has 1 amide bonds. The molecule has 1 atom stereocenters. The zero-order valence-corrected chi connectivity index (χ0v) is 14.2. The average Bonchev–Trinajstić information content (AvgIpc) is 3.04. The van der Waals surface area contributed by atoms with Crippen molar-refractivity contribution in [3.05, 3.63) is 53.6 Å². The summed E-state index contributed by atoms with van der Waals surface area (Å²) in [6.45, 7) is 2.05. The van der Waals surface area contributed by atoms with Gasteiger partial charge >= 0.3 is 5.97 Å². The van der Waals surface area contributed by atoms with Gasteiger partial charge in [-0.05, 0) is 31.2 Å². The topological polar surface area (TPSA) is 94.1 Å². The Hall–Kier alpha value is -3.22. The number of carbonyl (C=O) groups is 2. The minimum absolute atomic E-state index is 0.225. The van der Waals surface area contributed by atoms with Crippen LogP contribution in [0.15, 0.2) is 42.5 Å². The summed E-state index contributed by atoms with van der Waals surface area (Å²) in [7, 11) is 0. The largest absolute Gasteiger partial charge is 0.491 e. The second kappa shape index (κ2) is 7.77. The van der Waals surface area contributed by atoms with Crippen molar-refractivity contribution in [1.29, 1.82) is 0 Å². The number of nitrogens with one attached hydrogen (secondary N) is 1. The van der Waals surface area contributed by atoms with E-state index in [4.69, 9.17) is 19.3 Å². The van der Waals surface area contributed by atoms with Gasteiger partial charge in [0.2, 0.25) is 0 Å². The summed E-state index contributed by atoms with van der Waals surface area (Å²) in [4.78, 5) is 23.3. The number of fused-ring (bicyclic) bond motifs is 1. The van der Waals surface area contributed by atoms with Crippen LogP contribution in [-0.2, 0) is 4.79 Å². The number of carboxylic acid groups (broad SMARTS) is 1. The van der Waals surface area contributed by atoms with Gasteiger partial charge in [-0.1, -0.05) is 18.2 Å². The van der Waals surface area contributed by atoms with E-state index in [-0.39, 0.29) is 17.7 Å². The van der Waals surface area contributed by atoms with Crippen molar-refractivity contribution < 1.29 is 28.9 Å². The van der Waals surface area contributed by atoms with E-state index in [1.165, 1.54) is 12.1 Å². The van der Waals surface area contributed by atoms with E-state index < -0.39 is 12.6 Å². The van der Waals surface area contributed by atoms with Gasteiger partial charge in [-0.15, -0.1) is 0 Å². The van der Waals surface area contributed by atoms with Crippen LogP contribution in [0.4, 0.5) is 0 Å². The van der Waals surface area contributed by atoms with Crippen molar-refractivity contribution in [2.24, 2.45) is 0 Å². The van der Waals surface area contributed by atoms with Gasteiger partial charge in [-0.25, -0.2) is 4.79 Å². The van der Waals surface area contributed by atoms with E-state index in [0.29, 0.717) is 24.5 Å². The molecule has 0 bridgehead atoms. The second-order valence-corrected chi connectivity index (χ2v) is 5.65. The van der Waals surface area contributed by atoms with Gasteiger partial charge in [0.1, 0.15) is 12.4 Å². The van der Waals surface area contributed by atoms with Crippen molar-refractivity contribution in [1.82, 2.24) is 5.32 Å².